The molecule has 0 bridgehead atoms. The molecule has 0 aromatic heterocycles. The Labute approximate surface area is 190 Å². The molecule has 0 aliphatic heterocycles. The second-order valence-corrected chi connectivity index (χ2v) is 10.0. The van der Waals surface area contributed by atoms with Gasteiger partial charge in [-0.05, 0) is 66.7 Å². The van der Waals surface area contributed by atoms with Crippen LogP contribution in [0.2, 0.25) is 0 Å². The van der Waals surface area contributed by atoms with Gasteiger partial charge in [0.1, 0.15) is 11.6 Å². The fourth-order valence-electron chi connectivity index (χ4n) is 2.81. The summed E-state index contributed by atoms with van der Waals surface area (Å²) in [5, 5.41) is 2.41. The maximum atomic E-state index is 13.0. The van der Waals surface area contributed by atoms with Crippen LogP contribution in [0, 0.1) is 5.82 Å². The van der Waals surface area contributed by atoms with Crippen LogP contribution in [0.25, 0.3) is 0 Å². The summed E-state index contributed by atoms with van der Waals surface area (Å²) >= 11 is 0. The highest BCUT2D eigenvalue weighted by Gasteiger charge is 2.20. The van der Waals surface area contributed by atoms with Gasteiger partial charge in [-0.2, -0.15) is 0 Å². The zero-order chi connectivity index (χ0) is 24.2. The number of carbonyl (C=O) groups excluding carboxylic acids is 1. The lowest BCUT2D eigenvalue weighted by molar-refractivity contribution is 0.0960. The van der Waals surface area contributed by atoms with Crippen LogP contribution in [-0.4, -0.2) is 36.9 Å². The molecule has 12 heteroatoms. The Kier molecular flexibility index (Phi) is 6.89. The van der Waals surface area contributed by atoms with Crippen molar-refractivity contribution >= 4 is 37.3 Å². The van der Waals surface area contributed by atoms with Crippen molar-refractivity contribution in [3.63, 3.8) is 0 Å². The molecular formula is C21H20FN3O6S2. The number of hydrogen-bond donors (Lipinski definition) is 3. The van der Waals surface area contributed by atoms with Crippen molar-refractivity contribution in [2.45, 2.75) is 9.79 Å². The van der Waals surface area contributed by atoms with Gasteiger partial charge < -0.3 is 10.1 Å². The predicted octanol–water partition coefficient (Wildman–Crippen LogP) is 2.80. The molecule has 3 rings (SSSR count). The largest absolute Gasteiger partial charge is 0.496 e. The number of anilines is 2. The third kappa shape index (κ3) is 5.59. The Morgan fingerprint density at radius 3 is 1.79 bits per heavy atom. The van der Waals surface area contributed by atoms with Crippen LogP contribution < -0.4 is 19.5 Å². The molecule has 174 valence electrons. The molecule has 0 aliphatic rings. The maximum absolute atomic E-state index is 13.0. The lowest BCUT2D eigenvalue weighted by Gasteiger charge is -2.12. The first-order valence-electron chi connectivity index (χ1n) is 9.37. The highest BCUT2D eigenvalue weighted by atomic mass is 32.2. The highest BCUT2D eigenvalue weighted by Crippen LogP contribution is 2.25. The highest BCUT2D eigenvalue weighted by molar-refractivity contribution is 7.93. The fourth-order valence-corrected chi connectivity index (χ4v) is 4.96. The van der Waals surface area contributed by atoms with E-state index in [1.165, 1.54) is 68.8 Å². The average molecular weight is 494 g/mol. The number of ether oxygens (including phenoxy) is 1. The molecule has 9 nitrogen and oxygen atoms in total. The molecule has 3 aromatic carbocycles. The Bertz CT molecular complexity index is 1370. The van der Waals surface area contributed by atoms with Gasteiger partial charge in [-0.15, -0.1) is 0 Å². The second-order valence-electron chi connectivity index (χ2n) is 6.68. The Morgan fingerprint density at radius 2 is 1.27 bits per heavy atom. The summed E-state index contributed by atoms with van der Waals surface area (Å²) in [5.41, 5.74) is 0.317. The minimum atomic E-state index is -4.09. The van der Waals surface area contributed by atoms with Gasteiger partial charge in [-0.25, -0.2) is 21.2 Å². The molecule has 0 heterocycles. The molecule has 3 N–H and O–H groups in total. The van der Waals surface area contributed by atoms with Crippen molar-refractivity contribution in [2.24, 2.45) is 0 Å². The summed E-state index contributed by atoms with van der Waals surface area (Å²) < 4.78 is 73.3. The Balaban J connectivity index is 1.81. The minimum absolute atomic E-state index is 0.0381. The van der Waals surface area contributed by atoms with E-state index >= 15 is 0 Å². The van der Waals surface area contributed by atoms with Crippen molar-refractivity contribution in [3.8, 4) is 5.75 Å². The van der Waals surface area contributed by atoms with Gasteiger partial charge in [0.25, 0.3) is 26.0 Å². The third-order valence-corrected chi connectivity index (χ3v) is 7.24. The standard InChI is InChI=1S/C21H20FN3O6S2/c1-23-21(26)19-13-18(11-12-20(19)31-2)33(29,30)25-16-7-9-17(10-8-16)32(27,28)24-15-5-3-14(22)4-6-15/h3-13,24-25H,1-2H3,(H,23,26). The van der Waals surface area contributed by atoms with Crippen LogP contribution in [0.1, 0.15) is 10.4 Å². The van der Waals surface area contributed by atoms with Crippen LogP contribution in [-0.2, 0) is 20.0 Å². The smallest absolute Gasteiger partial charge is 0.261 e. The molecule has 0 unspecified atom stereocenters. The van der Waals surface area contributed by atoms with Gasteiger partial charge in [0.2, 0.25) is 0 Å². The lowest BCUT2D eigenvalue weighted by Crippen LogP contribution is -2.20. The zero-order valence-corrected chi connectivity index (χ0v) is 19.1. The first kappa shape index (κ1) is 24.0. The minimum Gasteiger partial charge on any atom is -0.496 e. The van der Waals surface area contributed by atoms with Gasteiger partial charge in [0.05, 0.1) is 22.5 Å². The number of carbonyl (C=O) groups is 1. The number of amides is 1. The second kappa shape index (κ2) is 9.46. The number of methoxy groups -OCH3 is 1. The molecule has 0 radical (unpaired) electrons. The molecule has 0 atom stereocenters. The molecule has 0 saturated carbocycles. The summed E-state index contributed by atoms with van der Waals surface area (Å²) in [6, 6.07) is 13.6. The van der Waals surface area contributed by atoms with E-state index in [0.29, 0.717) is 0 Å². The van der Waals surface area contributed by atoms with E-state index in [0.717, 1.165) is 12.1 Å². The molecule has 0 saturated heterocycles. The van der Waals surface area contributed by atoms with E-state index in [1.54, 1.807) is 0 Å². The van der Waals surface area contributed by atoms with E-state index in [1.807, 2.05) is 0 Å². The number of halogens is 1. The van der Waals surface area contributed by atoms with Crippen LogP contribution >= 0.6 is 0 Å². The van der Waals surface area contributed by atoms with Gasteiger partial charge in [0.15, 0.2) is 0 Å². The molecule has 0 aliphatic carbocycles. The number of nitrogens with one attached hydrogen (secondary N) is 3. The fraction of sp³-hybridized carbons (Fsp3) is 0.0952. The molecule has 33 heavy (non-hydrogen) atoms. The van der Waals surface area contributed by atoms with Crippen molar-refractivity contribution < 1.29 is 30.8 Å². The van der Waals surface area contributed by atoms with Crippen molar-refractivity contribution in [1.82, 2.24) is 5.32 Å². The molecule has 3 aromatic rings. The summed E-state index contributed by atoms with van der Waals surface area (Å²) in [7, 11) is -5.30. The molecule has 0 spiro atoms. The van der Waals surface area contributed by atoms with Crippen LogP contribution in [0.15, 0.2) is 76.5 Å². The van der Waals surface area contributed by atoms with Crippen LogP contribution in [0.3, 0.4) is 0 Å². The number of hydrogen-bond acceptors (Lipinski definition) is 6. The topological polar surface area (TPSA) is 131 Å². The van der Waals surface area contributed by atoms with Gasteiger partial charge in [-0.3, -0.25) is 14.2 Å². The third-order valence-electron chi connectivity index (χ3n) is 4.47. The molecular weight excluding hydrogens is 473 g/mol. The molecule has 0 fully saturated rings. The van der Waals surface area contributed by atoms with E-state index < -0.39 is 31.8 Å². The van der Waals surface area contributed by atoms with E-state index in [4.69, 9.17) is 4.74 Å². The lowest BCUT2D eigenvalue weighted by atomic mass is 10.2. The summed E-state index contributed by atoms with van der Waals surface area (Å²) in [5.74, 6) is -0.822. The van der Waals surface area contributed by atoms with Crippen molar-refractivity contribution in [2.75, 3.05) is 23.6 Å². The zero-order valence-electron chi connectivity index (χ0n) is 17.5. The molecule has 1 amide bonds. The van der Waals surface area contributed by atoms with Crippen LogP contribution in [0.5, 0.6) is 5.75 Å². The van der Waals surface area contributed by atoms with Gasteiger partial charge >= 0.3 is 0 Å². The predicted molar refractivity (Wildman–Crippen MR) is 121 cm³/mol. The van der Waals surface area contributed by atoms with E-state index in [2.05, 4.69) is 14.8 Å². The van der Waals surface area contributed by atoms with Crippen LogP contribution in [0.4, 0.5) is 15.8 Å². The summed E-state index contributed by atoms with van der Waals surface area (Å²) in [6.07, 6.45) is 0. The van der Waals surface area contributed by atoms with E-state index in [9.17, 15) is 26.0 Å². The number of sulfonamides is 2. The quantitative estimate of drug-likeness (QED) is 0.442. The van der Waals surface area contributed by atoms with Crippen molar-refractivity contribution in [3.05, 3.63) is 78.1 Å². The average Bonchev–Trinajstić information content (AvgIpc) is 2.79. The first-order valence-corrected chi connectivity index (χ1v) is 12.3. The number of benzene rings is 3. The number of rotatable bonds is 8. The Morgan fingerprint density at radius 1 is 0.788 bits per heavy atom. The van der Waals surface area contributed by atoms with Crippen molar-refractivity contribution in [1.29, 1.82) is 0 Å². The SMILES string of the molecule is CNC(=O)c1cc(S(=O)(=O)Nc2ccc(S(=O)(=O)Nc3ccc(F)cc3)cc2)ccc1OC. The Hall–Kier alpha value is -3.64. The van der Waals surface area contributed by atoms with Gasteiger partial charge in [-0.1, -0.05) is 0 Å². The maximum Gasteiger partial charge on any atom is 0.261 e. The van der Waals surface area contributed by atoms with Gasteiger partial charge in [0, 0.05) is 18.4 Å². The monoisotopic (exact) mass is 493 g/mol. The summed E-state index contributed by atoms with van der Waals surface area (Å²) in [6.45, 7) is 0. The first-order chi connectivity index (χ1) is 15.6. The van der Waals surface area contributed by atoms with E-state index in [-0.39, 0.29) is 32.5 Å². The normalized spacial score (nSPS) is 11.5. The summed E-state index contributed by atoms with van der Waals surface area (Å²) in [4.78, 5) is 11.7.